The summed E-state index contributed by atoms with van der Waals surface area (Å²) in [6, 6.07) is 6.09. The van der Waals surface area contributed by atoms with Crippen LogP contribution in [0.1, 0.15) is 31.2 Å². The van der Waals surface area contributed by atoms with Crippen LogP contribution in [-0.2, 0) is 6.42 Å². The van der Waals surface area contributed by atoms with Gasteiger partial charge < -0.3 is 5.32 Å². The van der Waals surface area contributed by atoms with Gasteiger partial charge in [0.1, 0.15) is 0 Å². The monoisotopic (exact) mass is 283 g/mol. The van der Waals surface area contributed by atoms with E-state index in [0.29, 0.717) is 15.5 Å². The predicted molar refractivity (Wildman–Crippen MR) is 77.4 cm³/mol. The van der Waals surface area contributed by atoms with E-state index in [1.165, 1.54) is 31.2 Å². The lowest BCUT2D eigenvalue weighted by Crippen LogP contribution is -2.58. The highest BCUT2D eigenvalue weighted by atomic mass is 35.5. The molecule has 0 unspecified atom stereocenters. The van der Waals surface area contributed by atoms with Crippen molar-refractivity contribution in [2.45, 2.75) is 32.1 Å². The highest BCUT2D eigenvalue weighted by Gasteiger charge is 2.44. The van der Waals surface area contributed by atoms with Crippen molar-refractivity contribution in [3.05, 3.63) is 33.8 Å². The van der Waals surface area contributed by atoms with Crippen molar-refractivity contribution >= 4 is 23.2 Å². The van der Waals surface area contributed by atoms with Crippen molar-refractivity contribution in [3.8, 4) is 0 Å². The molecule has 0 aromatic heterocycles. The second kappa shape index (κ2) is 5.03. The van der Waals surface area contributed by atoms with Gasteiger partial charge in [-0.15, -0.1) is 0 Å². The second-order valence-corrected chi connectivity index (χ2v) is 6.69. The molecule has 1 saturated heterocycles. The maximum Gasteiger partial charge on any atom is 0.0595 e. The van der Waals surface area contributed by atoms with Gasteiger partial charge in [0, 0.05) is 18.5 Å². The van der Waals surface area contributed by atoms with Gasteiger partial charge in [-0.1, -0.05) is 42.1 Å². The summed E-state index contributed by atoms with van der Waals surface area (Å²) in [6.07, 6.45) is 6.77. The summed E-state index contributed by atoms with van der Waals surface area (Å²) in [6.45, 7) is 2.33. The van der Waals surface area contributed by atoms with Crippen molar-refractivity contribution in [1.29, 1.82) is 0 Å². The molecule has 1 aliphatic carbocycles. The summed E-state index contributed by atoms with van der Waals surface area (Å²) in [4.78, 5) is 0. The van der Waals surface area contributed by atoms with Crippen LogP contribution in [0.25, 0.3) is 0 Å². The van der Waals surface area contributed by atoms with Gasteiger partial charge in [-0.2, -0.15) is 0 Å². The first-order chi connectivity index (χ1) is 8.70. The Kier molecular flexibility index (Phi) is 3.57. The van der Waals surface area contributed by atoms with Gasteiger partial charge in [-0.05, 0) is 42.9 Å². The maximum atomic E-state index is 6.12. The van der Waals surface area contributed by atoms with Gasteiger partial charge >= 0.3 is 0 Å². The SMILES string of the molecule is Clc1ccc(CC2(C3CCCC3)CNC2)cc1Cl. The first kappa shape index (κ1) is 12.8. The normalized spacial score (nSPS) is 23.0. The smallest absolute Gasteiger partial charge is 0.0595 e. The molecule has 3 rings (SSSR count). The number of hydrogen-bond acceptors (Lipinski definition) is 1. The third-order valence-corrected chi connectivity index (χ3v) is 5.45. The molecule has 3 heteroatoms. The van der Waals surface area contributed by atoms with Gasteiger partial charge in [-0.3, -0.25) is 0 Å². The summed E-state index contributed by atoms with van der Waals surface area (Å²) in [5.41, 5.74) is 1.81. The molecule has 2 aliphatic rings. The lowest BCUT2D eigenvalue weighted by molar-refractivity contribution is 0.0812. The molecule has 1 nitrogen and oxygen atoms in total. The Morgan fingerprint density at radius 1 is 1.11 bits per heavy atom. The number of halogens is 2. The average Bonchev–Trinajstić information content (AvgIpc) is 2.82. The molecule has 0 spiro atoms. The standard InChI is InChI=1S/C15H19Cl2N/c16-13-6-5-11(7-14(13)17)8-15(9-18-10-15)12-3-1-2-4-12/h5-7,12,18H,1-4,8-10H2. The van der Waals surface area contributed by atoms with Crippen LogP contribution in [-0.4, -0.2) is 13.1 Å². The molecular weight excluding hydrogens is 265 g/mol. The first-order valence-corrected chi connectivity index (χ1v) is 7.60. The van der Waals surface area contributed by atoms with Crippen LogP contribution in [0.15, 0.2) is 18.2 Å². The summed E-state index contributed by atoms with van der Waals surface area (Å²) < 4.78 is 0. The number of hydrogen-bond donors (Lipinski definition) is 1. The first-order valence-electron chi connectivity index (χ1n) is 6.84. The van der Waals surface area contributed by atoms with E-state index in [0.717, 1.165) is 25.4 Å². The molecule has 1 aliphatic heterocycles. The molecule has 0 radical (unpaired) electrons. The Hall–Kier alpha value is -0.240. The Morgan fingerprint density at radius 3 is 2.39 bits per heavy atom. The van der Waals surface area contributed by atoms with E-state index in [1.807, 2.05) is 12.1 Å². The Balaban J connectivity index is 1.78. The summed E-state index contributed by atoms with van der Waals surface area (Å²) >= 11 is 12.1. The molecule has 1 N–H and O–H groups in total. The second-order valence-electron chi connectivity index (χ2n) is 5.87. The number of benzene rings is 1. The fraction of sp³-hybridized carbons (Fsp3) is 0.600. The van der Waals surface area contributed by atoms with Crippen LogP contribution in [0.5, 0.6) is 0 Å². The van der Waals surface area contributed by atoms with E-state index >= 15 is 0 Å². The zero-order valence-corrected chi connectivity index (χ0v) is 12.0. The van der Waals surface area contributed by atoms with E-state index in [4.69, 9.17) is 23.2 Å². The molecule has 0 amide bonds. The molecule has 2 fully saturated rings. The van der Waals surface area contributed by atoms with Crippen LogP contribution < -0.4 is 5.32 Å². The molecule has 0 bridgehead atoms. The fourth-order valence-electron chi connectivity index (χ4n) is 3.60. The third kappa shape index (κ3) is 2.29. The van der Waals surface area contributed by atoms with Crippen molar-refractivity contribution in [2.24, 2.45) is 11.3 Å². The quantitative estimate of drug-likeness (QED) is 0.871. The van der Waals surface area contributed by atoms with Gasteiger partial charge in [0.25, 0.3) is 0 Å². The Morgan fingerprint density at radius 2 is 1.83 bits per heavy atom. The van der Waals surface area contributed by atoms with Crippen molar-refractivity contribution < 1.29 is 0 Å². The highest BCUT2D eigenvalue weighted by Crippen LogP contribution is 2.45. The molecule has 1 aromatic rings. The number of nitrogens with one attached hydrogen (secondary N) is 1. The molecular formula is C15H19Cl2N. The Bertz CT molecular complexity index is 434. The van der Waals surface area contributed by atoms with Crippen molar-refractivity contribution in [3.63, 3.8) is 0 Å². The van der Waals surface area contributed by atoms with Crippen molar-refractivity contribution in [2.75, 3.05) is 13.1 Å². The van der Waals surface area contributed by atoms with Crippen molar-refractivity contribution in [1.82, 2.24) is 5.32 Å². The third-order valence-electron chi connectivity index (χ3n) is 4.72. The minimum absolute atomic E-state index is 0.480. The lowest BCUT2D eigenvalue weighted by Gasteiger charge is -2.48. The van der Waals surface area contributed by atoms with Gasteiger partial charge in [0.05, 0.1) is 10.0 Å². The van der Waals surface area contributed by atoms with E-state index in [1.54, 1.807) is 0 Å². The van der Waals surface area contributed by atoms with Gasteiger partial charge in [0.15, 0.2) is 0 Å². The Labute approximate surface area is 119 Å². The molecule has 1 saturated carbocycles. The molecule has 1 aromatic carbocycles. The van der Waals surface area contributed by atoms with Crippen LogP contribution >= 0.6 is 23.2 Å². The average molecular weight is 284 g/mol. The summed E-state index contributed by atoms with van der Waals surface area (Å²) in [7, 11) is 0. The van der Waals surface area contributed by atoms with Crippen LogP contribution in [0.4, 0.5) is 0 Å². The van der Waals surface area contributed by atoms with Crippen LogP contribution in [0, 0.1) is 11.3 Å². The lowest BCUT2D eigenvalue weighted by atomic mass is 9.66. The zero-order valence-electron chi connectivity index (χ0n) is 10.5. The minimum atomic E-state index is 0.480. The maximum absolute atomic E-state index is 6.12. The van der Waals surface area contributed by atoms with Gasteiger partial charge in [-0.25, -0.2) is 0 Å². The van der Waals surface area contributed by atoms with E-state index in [-0.39, 0.29) is 0 Å². The van der Waals surface area contributed by atoms with Gasteiger partial charge in [0.2, 0.25) is 0 Å². The highest BCUT2D eigenvalue weighted by molar-refractivity contribution is 6.42. The minimum Gasteiger partial charge on any atom is -0.315 e. The summed E-state index contributed by atoms with van der Waals surface area (Å²) in [5, 5.41) is 4.80. The zero-order chi connectivity index (χ0) is 12.6. The van der Waals surface area contributed by atoms with E-state index in [2.05, 4.69) is 11.4 Å². The molecule has 1 heterocycles. The van der Waals surface area contributed by atoms with E-state index < -0.39 is 0 Å². The van der Waals surface area contributed by atoms with E-state index in [9.17, 15) is 0 Å². The largest absolute Gasteiger partial charge is 0.315 e. The predicted octanol–water partition coefficient (Wildman–Crippen LogP) is 4.32. The molecule has 98 valence electrons. The molecule has 0 atom stereocenters. The topological polar surface area (TPSA) is 12.0 Å². The van der Waals surface area contributed by atoms with Crippen LogP contribution in [0.2, 0.25) is 10.0 Å². The number of rotatable bonds is 3. The fourth-order valence-corrected chi connectivity index (χ4v) is 3.92. The molecule has 18 heavy (non-hydrogen) atoms. The van der Waals surface area contributed by atoms with Crippen LogP contribution in [0.3, 0.4) is 0 Å². The summed E-state index contributed by atoms with van der Waals surface area (Å²) in [5.74, 6) is 0.896.